The second kappa shape index (κ2) is 5.67. The Kier molecular flexibility index (Phi) is 4.19. The first-order chi connectivity index (χ1) is 8.64. The van der Waals surface area contributed by atoms with E-state index < -0.39 is 0 Å². The van der Waals surface area contributed by atoms with Gasteiger partial charge in [0.25, 0.3) is 0 Å². The summed E-state index contributed by atoms with van der Waals surface area (Å²) < 4.78 is 24.3. The van der Waals surface area contributed by atoms with Crippen LogP contribution < -0.4 is 10.5 Å². The maximum Gasteiger partial charge on any atom is 0.170 e. The molecule has 18 heavy (non-hydrogen) atoms. The minimum absolute atomic E-state index is 0.213. The quantitative estimate of drug-likeness (QED) is 0.877. The van der Waals surface area contributed by atoms with Gasteiger partial charge in [-0.1, -0.05) is 25.0 Å². The fourth-order valence-electron chi connectivity index (χ4n) is 2.41. The lowest BCUT2D eigenvalue weighted by molar-refractivity contribution is 0.0731. The van der Waals surface area contributed by atoms with Gasteiger partial charge >= 0.3 is 0 Å². The fraction of sp³-hybridized carbons (Fsp3) is 0.571. The van der Waals surface area contributed by atoms with E-state index in [1.165, 1.54) is 7.11 Å². The molecule has 1 aliphatic rings. The van der Waals surface area contributed by atoms with Crippen LogP contribution in [-0.4, -0.2) is 19.3 Å². The molecule has 0 saturated heterocycles. The number of hydrogen-bond donors (Lipinski definition) is 1. The van der Waals surface area contributed by atoms with Gasteiger partial charge in [0.2, 0.25) is 0 Å². The Balaban J connectivity index is 1.90. The van der Waals surface area contributed by atoms with E-state index in [2.05, 4.69) is 0 Å². The van der Waals surface area contributed by atoms with E-state index >= 15 is 0 Å². The van der Waals surface area contributed by atoms with Crippen molar-refractivity contribution in [3.05, 3.63) is 29.6 Å². The third kappa shape index (κ3) is 3.00. The molecule has 0 spiro atoms. The van der Waals surface area contributed by atoms with Crippen molar-refractivity contribution in [3.8, 4) is 5.75 Å². The molecular weight excluding hydrogens is 233 g/mol. The van der Waals surface area contributed by atoms with E-state index in [1.54, 1.807) is 18.2 Å². The summed E-state index contributed by atoms with van der Waals surface area (Å²) in [6, 6.07) is 5.06. The van der Waals surface area contributed by atoms with E-state index in [0.29, 0.717) is 12.2 Å². The molecule has 3 nitrogen and oxygen atoms in total. The van der Waals surface area contributed by atoms with Gasteiger partial charge in [-0.3, -0.25) is 0 Å². The Bertz CT molecular complexity index is 403. The lowest BCUT2D eigenvalue weighted by atomic mass is 10.0. The summed E-state index contributed by atoms with van der Waals surface area (Å²) in [5.74, 6) is -0.100. The number of methoxy groups -OCH3 is 1. The number of nitrogens with two attached hydrogens (primary N) is 1. The highest BCUT2D eigenvalue weighted by molar-refractivity contribution is 5.30. The largest absolute Gasteiger partial charge is 0.494 e. The Hall–Kier alpha value is -1.13. The number of hydrogen-bond acceptors (Lipinski definition) is 3. The van der Waals surface area contributed by atoms with Crippen LogP contribution in [0.1, 0.15) is 31.2 Å². The summed E-state index contributed by atoms with van der Waals surface area (Å²) in [7, 11) is 1.45. The molecule has 0 unspecified atom stereocenters. The van der Waals surface area contributed by atoms with Crippen LogP contribution in [0.15, 0.2) is 18.2 Å². The van der Waals surface area contributed by atoms with Gasteiger partial charge in [-0.2, -0.15) is 0 Å². The van der Waals surface area contributed by atoms with Crippen molar-refractivity contribution in [2.75, 3.05) is 13.7 Å². The Labute approximate surface area is 107 Å². The van der Waals surface area contributed by atoms with E-state index in [4.69, 9.17) is 15.2 Å². The molecule has 1 aromatic rings. The van der Waals surface area contributed by atoms with Gasteiger partial charge in [0.1, 0.15) is 0 Å². The van der Waals surface area contributed by atoms with Gasteiger partial charge in [0.05, 0.1) is 20.3 Å². The average Bonchev–Trinajstić information content (AvgIpc) is 2.79. The molecule has 0 aliphatic heterocycles. The number of rotatable bonds is 5. The molecule has 0 atom stereocenters. The molecule has 0 heterocycles. The number of benzene rings is 1. The first kappa shape index (κ1) is 13.3. The van der Waals surface area contributed by atoms with Gasteiger partial charge in [-0.05, 0) is 18.9 Å². The zero-order chi connectivity index (χ0) is 13.0. The van der Waals surface area contributed by atoms with E-state index in [-0.39, 0.29) is 23.7 Å². The van der Waals surface area contributed by atoms with Crippen LogP contribution >= 0.6 is 0 Å². The molecule has 0 aromatic heterocycles. The van der Waals surface area contributed by atoms with Crippen molar-refractivity contribution < 1.29 is 13.9 Å². The second-order valence-electron chi connectivity index (χ2n) is 5.00. The third-order valence-corrected chi connectivity index (χ3v) is 3.51. The summed E-state index contributed by atoms with van der Waals surface area (Å²) in [5, 5.41) is 0. The van der Waals surface area contributed by atoms with Crippen LogP contribution in [0.5, 0.6) is 5.75 Å². The minimum atomic E-state index is -0.350. The molecule has 0 radical (unpaired) electrons. The molecule has 1 aromatic carbocycles. The molecule has 1 aliphatic carbocycles. The maximum atomic E-state index is 13.8. The summed E-state index contributed by atoms with van der Waals surface area (Å²) in [4.78, 5) is 0. The van der Waals surface area contributed by atoms with Gasteiger partial charge in [0, 0.05) is 11.1 Å². The van der Waals surface area contributed by atoms with Crippen LogP contribution in [-0.2, 0) is 11.3 Å². The van der Waals surface area contributed by atoms with Crippen LogP contribution in [0.25, 0.3) is 0 Å². The topological polar surface area (TPSA) is 44.5 Å². The Morgan fingerprint density at radius 3 is 2.72 bits per heavy atom. The van der Waals surface area contributed by atoms with Gasteiger partial charge < -0.3 is 15.2 Å². The summed E-state index contributed by atoms with van der Waals surface area (Å²) in [6.07, 6.45) is 4.31. The van der Waals surface area contributed by atoms with Crippen LogP contribution in [0.4, 0.5) is 4.39 Å². The lowest BCUT2D eigenvalue weighted by Crippen LogP contribution is -2.41. The Morgan fingerprint density at radius 1 is 1.33 bits per heavy atom. The molecule has 100 valence electrons. The first-order valence-corrected chi connectivity index (χ1v) is 6.33. The van der Waals surface area contributed by atoms with Crippen LogP contribution in [0.3, 0.4) is 0 Å². The van der Waals surface area contributed by atoms with Gasteiger partial charge in [-0.25, -0.2) is 4.39 Å². The highest BCUT2D eigenvalue weighted by atomic mass is 19.1. The summed E-state index contributed by atoms with van der Waals surface area (Å²) >= 11 is 0. The van der Waals surface area contributed by atoms with Crippen molar-refractivity contribution in [3.63, 3.8) is 0 Å². The van der Waals surface area contributed by atoms with Gasteiger partial charge in [-0.15, -0.1) is 0 Å². The van der Waals surface area contributed by atoms with Crippen LogP contribution in [0, 0.1) is 5.82 Å². The van der Waals surface area contributed by atoms with Crippen molar-refractivity contribution >= 4 is 0 Å². The first-order valence-electron chi connectivity index (χ1n) is 6.33. The van der Waals surface area contributed by atoms with E-state index in [9.17, 15) is 4.39 Å². The monoisotopic (exact) mass is 253 g/mol. The standard InChI is InChI=1S/C14H20FNO2/c1-17-12-6-4-5-11(13(12)15)9-18-10-14(16)7-2-3-8-14/h4-6H,2-3,7-10,16H2,1H3. The lowest BCUT2D eigenvalue weighted by Gasteiger charge is -2.23. The highest BCUT2D eigenvalue weighted by Gasteiger charge is 2.29. The molecule has 4 heteroatoms. The third-order valence-electron chi connectivity index (χ3n) is 3.51. The minimum Gasteiger partial charge on any atom is -0.494 e. The zero-order valence-corrected chi connectivity index (χ0v) is 10.7. The van der Waals surface area contributed by atoms with E-state index in [1.807, 2.05) is 0 Å². The number of halogens is 1. The molecule has 0 bridgehead atoms. The summed E-state index contributed by atoms with van der Waals surface area (Å²) in [5.41, 5.74) is 6.47. The van der Waals surface area contributed by atoms with Crippen molar-refractivity contribution in [1.29, 1.82) is 0 Å². The summed E-state index contributed by atoms with van der Waals surface area (Å²) in [6.45, 7) is 0.728. The average molecular weight is 253 g/mol. The molecule has 1 saturated carbocycles. The van der Waals surface area contributed by atoms with E-state index in [0.717, 1.165) is 25.7 Å². The van der Waals surface area contributed by atoms with Crippen molar-refractivity contribution in [2.45, 2.75) is 37.8 Å². The molecule has 1 fully saturated rings. The zero-order valence-electron chi connectivity index (χ0n) is 10.7. The van der Waals surface area contributed by atoms with Gasteiger partial charge in [0.15, 0.2) is 11.6 Å². The number of ether oxygens (including phenoxy) is 2. The molecule has 0 amide bonds. The molecule has 2 rings (SSSR count). The smallest absolute Gasteiger partial charge is 0.170 e. The SMILES string of the molecule is COc1cccc(COCC2(N)CCCC2)c1F. The van der Waals surface area contributed by atoms with Crippen LogP contribution in [0.2, 0.25) is 0 Å². The maximum absolute atomic E-state index is 13.8. The van der Waals surface area contributed by atoms with Crippen molar-refractivity contribution in [1.82, 2.24) is 0 Å². The predicted molar refractivity (Wildman–Crippen MR) is 68.0 cm³/mol. The fourth-order valence-corrected chi connectivity index (χ4v) is 2.41. The normalized spacial score (nSPS) is 17.9. The molecule has 2 N–H and O–H groups in total. The molecular formula is C14H20FNO2. The predicted octanol–water partition coefficient (Wildman–Crippen LogP) is 2.62. The Morgan fingerprint density at radius 2 is 2.06 bits per heavy atom. The second-order valence-corrected chi connectivity index (χ2v) is 5.00. The highest BCUT2D eigenvalue weighted by Crippen LogP contribution is 2.28. The van der Waals surface area contributed by atoms with Crippen molar-refractivity contribution in [2.24, 2.45) is 5.73 Å².